The molecule has 0 aromatic carbocycles. The summed E-state index contributed by atoms with van der Waals surface area (Å²) in [4.78, 5) is 23.3. The largest absolute Gasteiger partial charge is 0.474 e. The fourth-order valence-electron chi connectivity index (χ4n) is 2.00. The molecule has 2 fully saturated rings. The molecule has 4 heterocycles. The third kappa shape index (κ3) is 3.52. The van der Waals surface area contributed by atoms with Crippen molar-refractivity contribution in [3.05, 3.63) is 17.8 Å². The highest BCUT2D eigenvalue weighted by molar-refractivity contribution is 7.47. The lowest BCUT2D eigenvalue weighted by Gasteiger charge is -2.19. The van der Waals surface area contributed by atoms with E-state index in [0.29, 0.717) is 16.3 Å². The third-order valence-electron chi connectivity index (χ3n) is 3.13. The maximum absolute atomic E-state index is 10.9. The van der Waals surface area contributed by atoms with Crippen LogP contribution in [0, 0.1) is 0 Å². The molecule has 2 saturated heterocycles. The molecule has 23 heavy (non-hydrogen) atoms. The van der Waals surface area contributed by atoms with Gasteiger partial charge < -0.3 is 24.8 Å². The Kier molecular flexibility index (Phi) is 4.63. The van der Waals surface area contributed by atoms with Gasteiger partial charge in [-0.1, -0.05) is 11.6 Å². The van der Waals surface area contributed by atoms with Crippen molar-refractivity contribution in [1.29, 1.82) is 0 Å². The minimum Gasteiger partial charge on any atom is -0.387 e. The maximum atomic E-state index is 10.9. The van der Waals surface area contributed by atoms with Crippen LogP contribution < -0.4 is 0 Å². The lowest BCUT2D eigenvalue weighted by molar-refractivity contribution is -0.106. The average molecular weight is 367 g/mol. The van der Waals surface area contributed by atoms with E-state index in [2.05, 4.69) is 29.0 Å². The van der Waals surface area contributed by atoms with Crippen molar-refractivity contribution in [1.82, 2.24) is 19.9 Å². The number of aliphatic hydroxyl groups is 2. The molecule has 11 nitrogen and oxygen atoms in total. The first-order valence-corrected chi connectivity index (χ1v) is 8.21. The highest BCUT2D eigenvalue weighted by atomic mass is 35.5. The van der Waals surface area contributed by atoms with Gasteiger partial charge in [0.05, 0.1) is 12.9 Å². The number of imidazole rings is 1. The van der Waals surface area contributed by atoms with Crippen molar-refractivity contribution in [2.24, 2.45) is 0 Å². The fraction of sp³-hybridized carbons (Fsp3) is 0.500. The summed E-state index contributed by atoms with van der Waals surface area (Å²) in [5.41, 5.74) is 1.28. The first kappa shape index (κ1) is 16.7. The Labute approximate surface area is 133 Å². The van der Waals surface area contributed by atoms with Gasteiger partial charge in [0.1, 0.15) is 30.2 Å². The van der Waals surface area contributed by atoms with Crippen LogP contribution in [-0.2, 0) is 18.3 Å². The van der Waals surface area contributed by atoms with Gasteiger partial charge in [0.15, 0.2) is 17.1 Å². The van der Waals surface area contributed by atoms with Gasteiger partial charge in [-0.25, -0.2) is 19.5 Å². The number of nitrogens with one attached hydrogen (secondary N) is 1. The van der Waals surface area contributed by atoms with E-state index in [-0.39, 0.29) is 6.61 Å². The van der Waals surface area contributed by atoms with Crippen molar-refractivity contribution in [2.75, 3.05) is 6.61 Å². The van der Waals surface area contributed by atoms with Crippen molar-refractivity contribution in [2.45, 2.75) is 24.6 Å². The highest BCUT2D eigenvalue weighted by Gasteiger charge is 2.50. The monoisotopic (exact) mass is 366 g/mol. The Bertz CT molecular complexity index is 745. The molecular weight excluding hydrogens is 355 g/mol. The Morgan fingerprint density at radius 2 is 2.09 bits per heavy atom. The van der Waals surface area contributed by atoms with E-state index < -0.39 is 32.4 Å². The molecule has 2 aromatic heterocycles. The van der Waals surface area contributed by atoms with Gasteiger partial charge >= 0.3 is 7.82 Å². The number of rotatable bonds is 0. The standard InChI is InChI=1S/C5H3ClN4.C5H9O7P/c6-4-3-5(9-1-7-3)10-2-8-4;6-3-2-1-10-13(8,9)12-5(11-2)4(3)7/h1-2H,(H,7,8,9,10);2-7H,1H2,(H,8,9)/t;2-,3-,4-,5?/m.1/s1. The molecule has 4 rings (SSSR count). The van der Waals surface area contributed by atoms with E-state index in [4.69, 9.17) is 21.2 Å². The van der Waals surface area contributed by atoms with Crippen LogP contribution in [0.3, 0.4) is 0 Å². The molecule has 4 N–H and O–H groups in total. The highest BCUT2D eigenvalue weighted by Crippen LogP contribution is 2.49. The van der Waals surface area contributed by atoms with Gasteiger partial charge in [0, 0.05) is 0 Å². The molecule has 2 unspecified atom stereocenters. The zero-order valence-corrected chi connectivity index (χ0v) is 13.0. The number of hydrogen-bond donors (Lipinski definition) is 4. The Morgan fingerprint density at radius 3 is 2.83 bits per heavy atom. The topological polar surface area (TPSA) is 160 Å². The number of aliphatic hydroxyl groups excluding tert-OH is 2. The zero-order valence-electron chi connectivity index (χ0n) is 11.3. The van der Waals surface area contributed by atoms with E-state index >= 15 is 0 Å². The zero-order chi connectivity index (χ0) is 16.6. The minimum absolute atomic E-state index is 0.275. The van der Waals surface area contributed by atoms with E-state index in [1.165, 1.54) is 12.7 Å². The molecule has 2 aromatic rings. The van der Waals surface area contributed by atoms with Crippen LogP contribution in [0.4, 0.5) is 0 Å². The summed E-state index contributed by atoms with van der Waals surface area (Å²) in [5, 5.41) is 18.9. The SMILES string of the molecule is Clc1ncnc2nc[nH]c12.O=P1(O)OC[C@H]2OC(O1)[C@H](O)[C@@H]2O. The summed E-state index contributed by atoms with van der Waals surface area (Å²) in [5.74, 6) is 0. The van der Waals surface area contributed by atoms with Crippen molar-refractivity contribution in [3.63, 3.8) is 0 Å². The molecule has 2 aliphatic rings. The lowest BCUT2D eigenvalue weighted by atomic mass is 10.1. The smallest absolute Gasteiger partial charge is 0.387 e. The van der Waals surface area contributed by atoms with Gasteiger partial charge in [0.25, 0.3) is 0 Å². The summed E-state index contributed by atoms with van der Waals surface area (Å²) < 4.78 is 24.7. The number of aromatic amines is 1. The van der Waals surface area contributed by atoms with Crippen LogP contribution in [-0.4, -0.2) is 66.3 Å². The molecule has 2 bridgehead atoms. The molecule has 0 saturated carbocycles. The third-order valence-corrected chi connectivity index (χ3v) is 4.37. The Hall–Kier alpha value is -1.17. The second kappa shape index (κ2) is 6.38. The number of hydrogen-bond acceptors (Lipinski definition) is 9. The average Bonchev–Trinajstić information content (AvgIpc) is 3.03. The number of ether oxygens (including phenoxy) is 1. The number of phosphoric acid groups is 1. The molecule has 0 spiro atoms. The second-order valence-corrected chi connectivity index (χ2v) is 6.42. The second-order valence-electron chi connectivity index (χ2n) is 4.66. The lowest BCUT2D eigenvalue weighted by Crippen LogP contribution is -2.36. The molecule has 126 valence electrons. The van der Waals surface area contributed by atoms with E-state index in [0.717, 1.165) is 0 Å². The number of halogens is 1. The number of aromatic nitrogens is 4. The van der Waals surface area contributed by atoms with E-state index in [9.17, 15) is 14.8 Å². The van der Waals surface area contributed by atoms with Crippen molar-refractivity contribution in [3.8, 4) is 0 Å². The predicted molar refractivity (Wildman–Crippen MR) is 74.2 cm³/mol. The summed E-state index contributed by atoms with van der Waals surface area (Å²) in [7, 11) is -4.13. The summed E-state index contributed by atoms with van der Waals surface area (Å²) in [6.45, 7) is -0.275. The summed E-state index contributed by atoms with van der Waals surface area (Å²) in [6, 6.07) is 0. The molecule has 2 aliphatic heterocycles. The number of nitrogens with zero attached hydrogens (tertiary/aromatic N) is 3. The van der Waals surface area contributed by atoms with E-state index in [1.807, 2.05) is 0 Å². The fourth-order valence-corrected chi connectivity index (χ4v) is 3.02. The molecular formula is C10H12ClN4O7P. The molecule has 13 heteroatoms. The Morgan fingerprint density at radius 1 is 1.30 bits per heavy atom. The van der Waals surface area contributed by atoms with Crippen LogP contribution in [0.5, 0.6) is 0 Å². The normalized spacial score (nSPS) is 36.3. The van der Waals surface area contributed by atoms with Crippen LogP contribution in [0.1, 0.15) is 0 Å². The first-order valence-electron chi connectivity index (χ1n) is 6.34. The maximum Gasteiger partial charge on any atom is 0.474 e. The Balaban J connectivity index is 0.000000140. The van der Waals surface area contributed by atoms with Gasteiger partial charge in [0.2, 0.25) is 0 Å². The number of fused-ring (bicyclic) bond motifs is 3. The van der Waals surface area contributed by atoms with Crippen LogP contribution >= 0.6 is 19.4 Å². The molecule has 0 amide bonds. The predicted octanol–water partition coefficient (Wildman–Crippen LogP) is -0.413. The molecule has 0 radical (unpaired) electrons. The van der Waals surface area contributed by atoms with E-state index in [1.54, 1.807) is 0 Å². The van der Waals surface area contributed by atoms with Crippen molar-refractivity contribution >= 4 is 30.6 Å². The van der Waals surface area contributed by atoms with Gasteiger partial charge in [-0.3, -0.25) is 9.05 Å². The molecule has 5 atom stereocenters. The van der Waals surface area contributed by atoms with Crippen LogP contribution in [0.25, 0.3) is 11.2 Å². The van der Waals surface area contributed by atoms with Gasteiger partial charge in [-0.15, -0.1) is 0 Å². The quantitative estimate of drug-likeness (QED) is 0.356. The van der Waals surface area contributed by atoms with Crippen molar-refractivity contribution < 1.29 is 33.5 Å². The van der Waals surface area contributed by atoms with Gasteiger partial charge in [-0.2, -0.15) is 0 Å². The first-order chi connectivity index (χ1) is 10.9. The molecule has 0 aliphatic carbocycles. The number of H-pyrrole nitrogens is 1. The van der Waals surface area contributed by atoms with Gasteiger partial charge in [-0.05, 0) is 0 Å². The number of phosphoric ester groups is 1. The van der Waals surface area contributed by atoms with Crippen LogP contribution in [0.2, 0.25) is 5.15 Å². The summed E-state index contributed by atoms with van der Waals surface area (Å²) in [6.07, 6.45) is -1.66. The summed E-state index contributed by atoms with van der Waals surface area (Å²) >= 11 is 5.68. The van der Waals surface area contributed by atoms with Crippen LogP contribution in [0.15, 0.2) is 12.7 Å². The minimum atomic E-state index is -4.13.